The van der Waals surface area contributed by atoms with E-state index in [1.165, 1.54) is 6.92 Å². The van der Waals surface area contributed by atoms with Crippen molar-refractivity contribution in [3.8, 4) is 0 Å². The minimum absolute atomic E-state index is 0.122. The van der Waals surface area contributed by atoms with E-state index in [1.807, 2.05) is 24.3 Å². The summed E-state index contributed by atoms with van der Waals surface area (Å²) in [6.07, 6.45) is 1.64. The fraction of sp³-hybridized carbons (Fsp3) is 0.286. The number of urea groups is 1. The summed E-state index contributed by atoms with van der Waals surface area (Å²) in [5.41, 5.74) is 3.07. The third-order valence-electron chi connectivity index (χ3n) is 4.90. The second-order valence-electron chi connectivity index (χ2n) is 6.97. The Bertz CT molecular complexity index is 955. The first-order valence-electron chi connectivity index (χ1n) is 9.37. The molecule has 7 nitrogen and oxygen atoms in total. The number of aromatic nitrogens is 1. The molecule has 144 valence electrons. The molecule has 4 rings (SSSR count). The molecule has 28 heavy (non-hydrogen) atoms. The number of likely N-dealkylation sites (tertiary alicyclic amines) is 1. The number of fused-ring (bicyclic) bond motifs is 1. The molecule has 0 atom stereocenters. The minimum Gasteiger partial charge on any atom is -0.440 e. The number of hydrogen-bond donors (Lipinski definition) is 2. The van der Waals surface area contributed by atoms with E-state index in [4.69, 9.17) is 4.42 Å². The topological polar surface area (TPSA) is 87.5 Å². The summed E-state index contributed by atoms with van der Waals surface area (Å²) in [5.74, 6) is 0.863. The molecule has 1 aliphatic heterocycles. The number of benzene rings is 2. The largest absolute Gasteiger partial charge is 0.440 e. The molecule has 7 heteroatoms. The van der Waals surface area contributed by atoms with Crippen molar-refractivity contribution in [1.29, 1.82) is 0 Å². The highest BCUT2D eigenvalue weighted by molar-refractivity contribution is 5.91. The maximum atomic E-state index is 12.5. The van der Waals surface area contributed by atoms with Crippen LogP contribution in [-0.4, -0.2) is 34.9 Å². The zero-order valence-corrected chi connectivity index (χ0v) is 15.6. The van der Waals surface area contributed by atoms with Crippen LogP contribution in [0.25, 0.3) is 11.1 Å². The van der Waals surface area contributed by atoms with Gasteiger partial charge in [-0.3, -0.25) is 4.79 Å². The Hall–Kier alpha value is -3.35. The number of hydrogen-bond acceptors (Lipinski definition) is 4. The highest BCUT2D eigenvalue weighted by Gasteiger charge is 2.27. The number of piperidine rings is 1. The first-order valence-corrected chi connectivity index (χ1v) is 9.37. The van der Waals surface area contributed by atoms with Crippen molar-refractivity contribution in [3.05, 3.63) is 54.4 Å². The maximum Gasteiger partial charge on any atom is 0.321 e. The Labute approximate surface area is 162 Å². The number of anilines is 2. The second kappa shape index (κ2) is 7.72. The van der Waals surface area contributed by atoms with Crippen LogP contribution < -0.4 is 10.6 Å². The SMILES string of the molecule is CC(=O)Nc1ccc(NC(=O)N2CCC(c3nc4ccccc4o3)CC2)cc1. The van der Waals surface area contributed by atoms with Gasteiger partial charge in [0.2, 0.25) is 5.91 Å². The smallest absolute Gasteiger partial charge is 0.321 e. The molecule has 0 saturated carbocycles. The molecule has 0 unspecified atom stereocenters. The van der Waals surface area contributed by atoms with Crippen LogP contribution in [0.3, 0.4) is 0 Å². The van der Waals surface area contributed by atoms with Crippen molar-refractivity contribution in [2.24, 2.45) is 0 Å². The van der Waals surface area contributed by atoms with Crippen molar-refractivity contribution in [1.82, 2.24) is 9.88 Å². The number of nitrogens with zero attached hydrogens (tertiary/aromatic N) is 2. The molecular weight excluding hydrogens is 356 g/mol. The van der Waals surface area contributed by atoms with Gasteiger partial charge in [-0.05, 0) is 49.2 Å². The lowest BCUT2D eigenvalue weighted by molar-refractivity contribution is -0.114. The molecule has 0 bridgehead atoms. The first kappa shape index (κ1) is 18.0. The number of rotatable bonds is 3. The Balaban J connectivity index is 1.33. The number of carbonyl (C=O) groups is 2. The molecule has 2 N–H and O–H groups in total. The van der Waals surface area contributed by atoms with Crippen LogP contribution in [0.5, 0.6) is 0 Å². The van der Waals surface area contributed by atoms with Crippen molar-refractivity contribution in [2.45, 2.75) is 25.7 Å². The third kappa shape index (κ3) is 3.98. The summed E-state index contributed by atoms with van der Waals surface area (Å²) in [6.45, 7) is 2.76. The van der Waals surface area contributed by atoms with Crippen LogP contribution in [0.15, 0.2) is 52.9 Å². The normalized spacial score (nSPS) is 14.8. The zero-order chi connectivity index (χ0) is 19.5. The maximum absolute atomic E-state index is 12.5. The lowest BCUT2D eigenvalue weighted by Gasteiger charge is -2.30. The Morgan fingerprint density at radius 3 is 2.29 bits per heavy atom. The summed E-state index contributed by atoms with van der Waals surface area (Å²) in [7, 11) is 0. The van der Waals surface area contributed by atoms with Crippen molar-refractivity contribution in [3.63, 3.8) is 0 Å². The summed E-state index contributed by atoms with van der Waals surface area (Å²) >= 11 is 0. The van der Waals surface area contributed by atoms with E-state index >= 15 is 0 Å². The van der Waals surface area contributed by atoms with Gasteiger partial charge in [-0.15, -0.1) is 0 Å². The molecule has 2 aromatic carbocycles. The predicted molar refractivity (Wildman–Crippen MR) is 107 cm³/mol. The molecule has 0 aliphatic carbocycles. The van der Waals surface area contributed by atoms with Gasteiger partial charge in [-0.25, -0.2) is 9.78 Å². The van der Waals surface area contributed by atoms with Crippen LogP contribution in [0, 0.1) is 0 Å². The lowest BCUT2D eigenvalue weighted by Crippen LogP contribution is -2.40. The average Bonchev–Trinajstić information content (AvgIpc) is 3.13. The van der Waals surface area contributed by atoms with Crippen LogP contribution in [0.1, 0.15) is 31.6 Å². The third-order valence-corrected chi connectivity index (χ3v) is 4.90. The summed E-state index contributed by atoms with van der Waals surface area (Å²) in [5, 5.41) is 5.61. The van der Waals surface area contributed by atoms with E-state index in [9.17, 15) is 9.59 Å². The standard InChI is InChI=1S/C21H22N4O3/c1-14(26)22-16-6-8-17(9-7-16)23-21(27)25-12-10-15(11-13-25)20-24-18-4-2-3-5-19(18)28-20/h2-9,15H,10-13H2,1H3,(H,22,26)(H,23,27). The number of nitrogens with one attached hydrogen (secondary N) is 2. The average molecular weight is 378 g/mol. The summed E-state index contributed by atoms with van der Waals surface area (Å²) < 4.78 is 5.88. The lowest BCUT2D eigenvalue weighted by atomic mass is 9.97. The van der Waals surface area contributed by atoms with Crippen LogP contribution in [0.4, 0.5) is 16.2 Å². The van der Waals surface area contributed by atoms with Crippen molar-refractivity contribution < 1.29 is 14.0 Å². The summed E-state index contributed by atoms with van der Waals surface area (Å²) in [4.78, 5) is 30.0. The number of amides is 3. The monoisotopic (exact) mass is 378 g/mol. The Morgan fingerprint density at radius 1 is 1.00 bits per heavy atom. The van der Waals surface area contributed by atoms with Crippen LogP contribution >= 0.6 is 0 Å². The van der Waals surface area contributed by atoms with Gasteiger partial charge < -0.3 is 20.0 Å². The van der Waals surface area contributed by atoms with Gasteiger partial charge in [0.05, 0.1) is 0 Å². The van der Waals surface area contributed by atoms with Gasteiger partial charge >= 0.3 is 6.03 Å². The molecule has 0 radical (unpaired) electrons. The molecule has 1 aromatic heterocycles. The number of carbonyl (C=O) groups excluding carboxylic acids is 2. The van der Waals surface area contributed by atoms with E-state index in [0.29, 0.717) is 24.5 Å². The number of oxazole rings is 1. The highest BCUT2D eigenvalue weighted by atomic mass is 16.3. The fourth-order valence-electron chi connectivity index (χ4n) is 3.44. The van der Waals surface area contributed by atoms with Gasteiger partial charge in [0.15, 0.2) is 11.5 Å². The highest BCUT2D eigenvalue weighted by Crippen LogP contribution is 2.30. The molecule has 2 heterocycles. The van der Waals surface area contributed by atoms with Crippen molar-refractivity contribution in [2.75, 3.05) is 23.7 Å². The Morgan fingerprint density at radius 2 is 1.64 bits per heavy atom. The molecule has 3 aromatic rings. The summed E-state index contributed by atoms with van der Waals surface area (Å²) in [6, 6.07) is 14.7. The van der Waals surface area contributed by atoms with Gasteiger partial charge in [-0.1, -0.05) is 12.1 Å². The Kier molecular flexibility index (Phi) is 4.97. The minimum atomic E-state index is -0.126. The van der Waals surface area contributed by atoms with Gasteiger partial charge in [0.1, 0.15) is 5.52 Å². The second-order valence-corrected chi connectivity index (χ2v) is 6.97. The molecule has 1 fully saturated rings. The van der Waals surface area contributed by atoms with Gasteiger partial charge in [0.25, 0.3) is 0 Å². The van der Waals surface area contributed by atoms with Crippen molar-refractivity contribution >= 4 is 34.4 Å². The molecule has 1 aliphatic rings. The molecular formula is C21H22N4O3. The van der Waals surface area contributed by atoms with Gasteiger partial charge in [0, 0.05) is 37.3 Å². The van der Waals surface area contributed by atoms with Gasteiger partial charge in [-0.2, -0.15) is 0 Å². The quantitative estimate of drug-likeness (QED) is 0.715. The number of para-hydroxylation sites is 2. The predicted octanol–water partition coefficient (Wildman–Crippen LogP) is 4.20. The fourth-order valence-corrected chi connectivity index (χ4v) is 3.44. The molecule has 1 saturated heterocycles. The van der Waals surface area contributed by atoms with Crippen LogP contribution in [0.2, 0.25) is 0 Å². The van der Waals surface area contributed by atoms with Crippen LogP contribution in [-0.2, 0) is 4.79 Å². The zero-order valence-electron chi connectivity index (χ0n) is 15.6. The molecule has 0 spiro atoms. The van der Waals surface area contributed by atoms with E-state index in [0.717, 1.165) is 29.8 Å². The first-order chi connectivity index (χ1) is 13.6. The van der Waals surface area contributed by atoms with E-state index in [1.54, 1.807) is 29.2 Å². The van der Waals surface area contributed by atoms with E-state index < -0.39 is 0 Å². The molecule has 3 amide bonds. The van der Waals surface area contributed by atoms with E-state index in [-0.39, 0.29) is 17.9 Å². The van der Waals surface area contributed by atoms with E-state index in [2.05, 4.69) is 15.6 Å².